The number of nitrogens with zero attached hydrogens (tertiary/aromatic N) is 3. The fraction of sp³-hybridized carbons (Fsp3) is 0.500. The maximum absolute atomic E-state index is 12.5. The number of hydrogen-bond donors (Lipinski definition) is 1. The minimum absolute atomic E-state index is 0.0201. The summed E-state index contributed by atoms with van der Waals surface area (Å²) in [4.78, 5) is 27.0. The quantitative estimate of drug-likeness (QED) is 0.515. The molecule has 0 unspecified atom stereocenters. The molecule has 1 aromatic rings. The summed E-state index contributed by atoms with van der Waals surface area (Å²) in [5, 5.41) is 11.1. The SMILES string of the molecule is CC(C)N1CCN(C(=O)c2cccc(N)c2[N+](=O)[O-])CC1. The molecule has 21 heavy (non-hydrogen) atoms. The van der Waals surface area contributed by atoms with Crippen molar-refractivity contribution in [2.75, 3.05) is 31.9 Å². The first-order chi connectivity index (χ1) is 9.91. The Morgan fingerprint density at radius 1 is 1.29 bits per heavy atom. The molecule has 2 rings (SSSR count). The Bertz CT molecular complexity index is 551. The molecule has 1 aliphatic rings. The lowest BCUT2D eigenvalue weighted by atomic mass is 10.1. The van der Waals surface area contributed by atoms with Gasteiger partial charge in [0.25, 0.3) is 5.91 Å². The second-order valence-electron chi connectivity index (χ2n) is 5.42. The van der Waals surface area contributed by atoms with Crippen LogP contribution in [0.15, 0.2) is 18.2 Å². The number of nitro groups is 1. The van der Waals surface area contributed by atoms with Crippen molar-refractivity contribution in [1.29, 1.82) is 0 Å². The van der Waals surface area contributed by atoms with Crippen molar-refractivity contribution in [1.82, 2.24) is 9.80 Å². The molecule has 0 aromatic heterocycles. The molecular weight excluding hydrogens is 272 g/mol. The molecule has 0 aliphatic carbocycles. The van der Waals surface area contributed by atoms with E-state index in [0.717, 1.165) is 13.1 Å². The van der Waals surface area contributed by atoms with E-state index in [1.807, 2.05) is 0 Å². The average molecular weight is 292 g/mol. The van der Waals surface area contributed by atoms with E-state index in [4.69, 9.17) is 5.73 Å². The van der Waals surface area contributed by atoms with Gasteiger partial charge in [-0.05, 0) is 26.0 Å². The van der Waals surface area contributed by atoms with Crippen LogP contribution in [0.4, 0.5) is 11.4 Å². The van der Waals surface area contributed by atoms with Crippen molar-refractivity contribution < 1.29 is 9.72 Å². The summed E-state index contributed by atoms with van der Waals surface area (Å²) in [5.41, 5.74) is 5.42. The first kappa shape index (κ1) is 15.2. The molecule has 1 fully saturated rings. The first-order valence-corrected chi connectivity index (χ1v) is 6.98. The predicted octanol–water partition coefficient (Wildman–Crippen LogP) is 1.34. The van der Waals surface area contributed by atoms with E-state index < -0.39 is 4.92 Å². The van der Waals surface area contributed by atoms with Gasteiger partial charge in [-0.25, -0.2) is 0 Å². The lowest BCUT2D eigenvalue weighted by Crippen LogP contribution is -2.50. The van der Waals surface area contributed by atoms with Gasteiger partial charge in [0.1, 0.15) is 11.3 Å². The Balaban J connectivity index is 2.19. The number of nitrogens with two attached hydrogens (primary N) is 1. The van der Waals surface area contributed by atoms with Gasteiger partial charge in [-0.3, -0.25) is 19.8 Å². The molecule has 0 bridgehead atoms. The van der Waals surface area contributed by atoms with Crippen LogP contribution in [-0.2, 0) is 0 Å². The summed E-state index contributed by atoms with van der Waals surface area (Å²) in [5.74, 6) is -0.322. The lowest BCUT2D eigenvalue weighted by molar-refractivity contribution is -0.384. The summed E-state index contributed by atoms with van der Waals surface area (Å²) in [6, 6.07) is 4.90. The second kappa shape index (κ2) is 6.09. The van der Waals surface area contributed by atoms with Crippen molar-refractivity contribution in [3.05, 3.63) is 33.9 Å². The molecule has 1 aliphatic heterocycles. The van der Waals surface area contributed by atoms with Crippen molar-refractivity contribution >= 4 is 17.3 Å². The van der Waals surface area contributed by atoms with Crippen molar-refractivity contribution in [2.45, 2.75) is 19.9 Å². The number of nitrogen functional groups attached to an aromatic ring is 1. The minimum atomic E-state index is -0.590. The predicted molar refractivity (Wildman–Crippen MR) is 80.1 cm³/mol. The third-order valence-corrected chi connectivity index (χ3v) is 3.81. The van der Waals surface area contributed by atoms with Crippen LogP contribution >= 0.6 is 0 Å². The van der Waals surface area contributed by atoms with Crippen LogP contribution in [0.25, 0.3) is 0 Å². The summed E-state index contributed by atoms with van der Waals surface area (Å²) < 4.78 is 0. The maximum Gasteiger partial charge on any atom is 0.304 e. The van der Waals surface area contributed by atoms with Crippen LogP contribution in [0.3, 0.4) is 0 Å². The van der Waals surface area contributed by atoms with Gasteiger partial charge in [0.05, 0.1) is 4.92 Å². The lowest BCUT2D eigenvalue weighted by Gasteiger charge is -2.36. The van der Waals surface area contributed by atoms with Crippen LogP contribution in [0.2, 0.25) is 0 Å². The van der Waals surface area contributed by atoms with Crippen LogP contribution in [0, 0.1) is 10.1 Å². The van der Waals surface area contributed by atoms with Gasteiger partial charge in [-0.15, -0.1) is 0 Å². The highest BCUT2D eigenvalue weighted by molar-refractivity contribution is 6.00. The number of carbonyl (C=O) groups is 1. The van der Waals surface area contributed by atoms with Gasteiger partial charge < -0.3 is 10.6 Å². The molecule has 114 valence electrons. The smallest absolute Gasteiger partial charge is 0.304 e. The standard InChI is InChI=1S/C14H20N4O3/c1-10(2)16-6-8-17(9-7-16)14(19)11-4-3-5-12(15)13(11)18(20)21/h3-5,10H,6-9,15H2,1-2H3. The Morgan fingerprint density at radius 2 is 1.90 bits per heavy atom. The van der Waals surface area contributed by atoms with E-state index >= 15 is 0 Å². The zero-order valence-corrected chi connectivity index (χ0v) is 12.3. The Labute approximate surface area is 123 Å². The molecule has 1 amide bonds. The summed E-state index contributed by atoms with van der Waals surface area (Å²) in [7, 11) is 0. The van der Waals surface area contributed by atoms with Crippen LogP contribution in [-0.4, -0.2) is 52.9 Å². The minimum Gasteiger partial charge on any atom is -0.393 e. The highest BCUT2D eigenvalue weighted by Gasteiger charge is 2.29. The molecule has 7 heteroatoms. The average Bonchev–Trinajstić information content (AvgIpc) is 2.46. The third kappa shape index (κ3) is 3.13. The zero-order chi connectivity index (χ0) is 15.6. The van der Waals surface area contributed by atoms with Crippen molar-refractivity contribution in [2.24, 2.45) is 0 Å². The summed E-state index contributed by atoms with van der Waals surface area (Å²) in [6.45, 7) is 6.92. The molecule has 2 N–H and O–H groups in total. The van der Waals surface area contributed by atoms with E-state index in [1.54, 1.807) is 11.0 Å². The van der Waals surface area contributed by atoms with Gasteiger partial charge in [-0.1, -0.05) is 6.07 Å². The van der Waals surface area contributed by atoms with Crippen LogP contribution in [0.1, 0.15) is 24.2 Å². The van der Waals surface area contributed by atoms with Gasteiger partial charge >= 0.3 is 5.69 Å². The molecule has 1 saturated heterocycles. The van der Waals surface area contributed by atoms with Gasteiger partial charge in [0.2, 0.25) is 0 Å². The molecular formula is C14H20N4O3. The number of carbonyl (C=O) groups excluding carboxylic acids is 1. The number of amides is 1. The topological polar surface area (TPSA) is 92.7 Å². The number of para-hydroxylation sites is 1. The van der Waals surface area contributed by atoms with Gasteiger partial charge in [0, 0.05) is 32.2 Å². The summed E-state index contributed by atoms with van der Waals surface area (Å²) >= 11 is 0. The van der Waals surface area contributed by atoms with E-state index in [2.05, 4.69) is 18.7 Å². The third-order valence-electron chi connectivity index (χ3n) is 3.81. The Morgan fingerprint density at radius 3 is 2.43 bits per heavy atom. The number of piperazine rings is 1. The largest absolute Gasteiger partial charge is 0.393 e. The molecule has 0 radical (unpaired) electrons. The summed E-state index contributed by atoms with van der Waals surface area (Å²) in [6.07, 6.45) is 0. The number of anilines is 1. The van der Waals surface area contributed by atoms with Gasteiger partial charge in [-0.2, -0.15) is 0 Å². The van der Waals surface area contributed by atoms with E-state index in [0.29, 0.717) is 19.1 Å². The highest BCUT2D eigenvalue weighted by atomic mass is 16.6. The fourth-order valence-corrected chi connectivity index (χ4v) is 2.55. The normalized spacial score (nSPS) is 16.2. The second-order valence-corrected chi connectivity index (χ2v) is 5.42. The number of nitro benzene ring substituents is 1. The van der Waals surface area contributed by atoms with Crippen LogP contribution in [0.5, 0.6) is 0 Å². The molecule has 7 nitrogen and oxygen atoms in total. The molecule has 0 spiro atoms. The van der Waals surface area contributed by atoms with Crippen molar-refractivity contribution in [3.63, 3.8) is 0 Å². The maximum atomic E-state index is 12.5. The zero-order valence-electron chi connectivity index (χ0n) is 12.3. The fourth-order valence-electron chi connectivity index (χ4n) is 2.55. The van der Waals surface area contributed by atoms with E-state index in [-0.39, 0.29) is 22.8 Å². The molecule has 0 atom stereocenters. The Hall–Kier alpha value is -2.15. The van der Waals surface area contributed by atoms with Crippen molar-refractivity contribution in [3.8, 4) is 0 Å². The first-order valence-electron chi connectivity index (χ1n) is 6.98. The number of benzene rings is 1. The van der Waals surface area contributed by atoms with Crippen LogP contribution < -0.4 is 5.73 Å². The molecule has 1 heterocycles. The van der Waals surface area contributed by atoms with E-state index in [1.165, 1.54) is 12.1 Å². The van der Waals surface area contributed by atoms with E-state index in [9.17, 15) is 14.9 Å². The number of rotatable bonds is 3. The molecule has 0 saturated carbocycles. The van der Waals surface area contributed by atoms with Gasteiger partial charge in [0.15, 0.2) is 0 Å². The highest BCUT2D eigenvalue weighted by Crippen LogP contribution is 2.27. The Kier molecular flexibility index (Phi) is 4.42. The number of hydrogen-bond acceptors (Lipinski definition) is 5. The molecule has 1 aromatic carbocycles. The monoisotopic (exact) mass is 292 g/mol.